The molecule has 0 saturated heterocycles. The Kier molecular flexibility index (Phi) is 6.11. The average molecular weight is 241 g/mol. The van der Waals surface area contributed by atoms with Crippen molar-refractivity contribution in [2.24, 2.45) is 0 Å². The Balaban J connectivity index is 2.16. The molecule has 4 heteroatoms. The quantitative estimate of drug-likeness (QED) is 0.744. The molecule has 0 aliphatic carbocycles. The molecule has 1 rings (SSSR count). The third-order valence-corrected chi connectivity index (χ3v) is 3.10. The van der Waals surface area contributed by atoms with Gasteiger partial charge in [-0.3, -0.25) is 4.79 Å². The fourth-order valence-electron chi connectivity index (χ4n) is 1.34. The Bertz CT molecular complexity index is 298. The molecule has 0 aliphatic rings. The predicted octanol–water partition coefficient (Wildman–Crippen LogP) is 2.39. The lowest BCUT2D eigenvalue weighted by Crippen LogP contribution is -2.28. The summed E-state index contributed by atoms with van der Waals surface area (Å²) < 4.78 is 5.12. The fraction of sp³-hybridized carbons (Fsp3) is 0.583. The zero-order valence-corrected chi connectivity index (χ0v) is 10.7. The molecule has 1 aromatic rings. The fourth-order valence-corrected chi connectivity index (χ4v) is 2.12. The monoisotopic (exact) mass is 241 g/mol. The summed E-state index contributed by atoms with van der Waals surface area (Å²) in [5, 5.41) is 7.10. The Morgan fingerprint density at radius 3 is 3.06 bits per heavy atom. The lowest BCUT2D eigenvalue weighted by Gasteiger charge is -2.11. The van der Waals surface area contributed by atoms with Gasteiger partial charge < -0.3 is 10.1 Å². The lowest BCUT2D eigenvalue weighted by atomic mass is 10.1. The normalized spacial score (nSPS) is 12.4. The van der Waals surface area contributed by atoms with Gasteiger partial charge in [0.05, 0.1) is 6.61 Å². The Labute approximate surface area is 101 Å². The van der Waals surface area contributed by atoms with E-state index in [1.54, 1.807) is 11.3 Å². The number of ether oxygens (including phenoxy) is 1. The van der Waals surface area contributed by atoms with E-state index in [0.717, 1.165) is 0 Å². The van der Waals surface area contributed by atoms with Gasteiger partial charge in [0.1, 0.15) is 0 Å². The van der Waals surface area contributed by atoms with Gasteiger partial charge in [-0.2, -0.15) is 11.3 Å². The molecular weight excluding hydrogens is 222 g/mol. The summed E-state index contributed by atoms with van der Waals surface area (Å²) in [4.78, 5) is 11.4. The first-order chi connectivity index (χ1) is 7.74. The number of hydrogen-bond acceptors (Lipinski definition) is 3. The summed E-state index contributed by atoms with van der Waals surface area (Å²) in [7, 11) is 0. The molecule has 1 amide bonds. The number of amides is 1. The van der Waals surface area contributed by atoms with Gasteiger partial charge in [-0.05, 0) is 35.2 Å². The molecule has 0 bridgehead atoms. The van der Waals surface area contributed by atoms with Crippen LogP contribution in [0.5, 0.6) is 0 Å². The molecule has 16 heavy (non-hydrogen) atoms. The maximum atomic E-state index is 11.4. The highest BCUT2D eigenvalue weighted by molar-refractivity contribution is 7.07. The van der Waals surface area contributed by atoms with Crippen molar-refractivity contribution in [3.8, 4) is 0 Å². The van der Waals surface area contributed by atoms with E-state index in [1.165, 1.54) is 5.56 Å². The molecule has 3 nitrogen and oxygen atoms in total. The van der Waals surface area contributed by atoms with Gasteiger partial charge in [0.2, 0.25) is 5.91 Å². The topological polar surface area (TPSA) is 38.3 Å². The summed E-state index contributed by atoms with van der Waals surface area (Å²) in [6, 6.07) is 2.10. The minimum atomic E-state index is 0.0653. The van der Waals surface area contributed by atoms with Gasteiger partial charge in [0, 0.05) is 19.6 Å². The number of hydrogen-bond donors (Lipinski definition) is 1. The Morgan fingerprint density at radius 1 is 1.62 bits per heavy atom. The van der Waals surface area contributed by atoms with Crippen molar-refractivity contribution in [3.63, 3.8) is 0 Å². The van der Waals surface area contributed by atoms with Crippen LogP contribution in [0, 0.1) is 0 Å². The van der Waals surface area contributed by atoms with Crippen LogP contribution in [-0.2, 0) is 9.53 Å². The third-order valence-electron chi connectivity index (χ3n) is 2.40. The summed E-state index contributed by atoms with van der Waals surface area (Å²) in [5.74, 6) is 0.442. The summed E-state index contributed by atoms with van der Waals surface area (Å²) in [6.07, 6.45) is 0.449. The first-order valence-corrected chi connectivity index (χ1v) is 6.54. The molecule has 0 aromatic carbocycles. The van der Waals surface area contributed by atoms with E-state index >= 15 is 0 Å². The second-order valence-electron chi connectivity index (χ2n) is 3.71. The van der Waals surface area contributed by atoms with Crippen molar-refractivity contribution in [2.45, 2.75) is 26.2 Å². The average Bonchev–Trinajstić information content (AvgIpc) is 2.79. The molecule has 0 radical (unpaired) electrons. The second kappa shape index (κ2) is 7.41. The second-order valence-corrected chi connectivity index (χ2v) is 4.49. The largest absolute Gasteiger partial charge is 0.381 e. The summed E-state index contributed by atoms with van der Waals surface area (Å²) in [5.41, 5.74) is 1.29. The maximum Gasteiger partial charge on any atom is 0.222 e. The van der Waals surface area contributed by atoms with Gasteiger partial charge in [0.15, 0.2) is 0 Å². The van der Waals surface area contributed by atoms with Crippen LogP contribution >= 0.6 is 11.3 Å². The SMILES string of the molecule is CCOCCC(=O)NC[C@@H](C)c1ccsc1. The number of nitrogens with one attached hydrogen (secondary N) is 1. The van der Waals surface area contributed by atoms with Crippen LogP contribution in [0.4, 0.5) is 0 Å². The van der Waals surface area contributed by atoms with Gasteiger partial charge in [-0.25, -0.2) is 0 Å². The standard InChI is InChI=1S/C12H19NO2S/c1-3-15-6-4-12(14)13-8-10(2)11-5-7-16-9-11/h5,7,9-10H,3-4,6,8H2,1-2H3,(H,13,14)/t10-/m1/s1. The third kappa shape index (κ3) is 4.77. The number of rotatable bonds is 7. The molecule has 0 aliphatic heterocycles. The van der Waals surface area contributed by atoms with Crippen LogP contribution in [0.2, 0.25) is 0 Å². The van der Waals surface area contributed by atoms with Crippen LogP contribution in [0.15, 0.2) is 16.8 Å². The maximum absolute atomic E-state index is 11.4. The van der Waals surface area contributed by atoms with Gasteiger partial charge >= 0.3 is 0 Å². The van der Waals surface area contributed by atoms with Crippen LogP contribution in [0.3, 0.4) is 0 Å². The van der Waals surface area contributed by atoms with Crippen LogP contribution in [0.25, 0.3) is 0 Å². The van der Waals surface area contributed by atoms with Crippen LogP contribution < -0.4 is 5.32 Å². The van der Waals surface area contributed by atoms with Gasteiger partial charge in [0.25, 0.3) is 0 Å². The molecule has 0 saturated carbocycles. The zero-order valence-electron chi connectivity index (χ0n) is 9.86. The van der Waals surface area contributed by atoms with E-state index < -0.39 is 0 Å². The molecule has 1 heterocycles. The van der Waals surface area contributed by atoms with Crippen LogP contribution in [-0.4, -0.2) is 25.7 Å². The molecule has 0 spiro atoms. The van der Waals surface area contributed by atoms with E-state index in [2.05, 4.69) is 29.1 Å². The number of carbonyl (C=O) groups is 1. The number of carbonyl (C=O) groups excluding carboxylic acids is 1. The first kappa shape index (κ1) is 13.2. The summed E-state index contributed by atoms with van der Waals surface area (Å²) >= 11 is 1.69. The summed E-state index contributed by atoms with van der Waals surface area (Å²) in [6.45, 7) is 5.91. The molecular formula is C12H19NO2S. The number of thiophene rings is 1. The molecule has 1 aromatic heterocycles. The Morgan fingerprint density at radius 2 is 2.44 bits per heavy atom. The molecule has 0 unspecified atom stereocenters. The molecule has 1 N–H and O–H groups in total. The minimum Gasteiger partial charge on any atom is -0.381 e. The van der Waals surface area contributed by atoms with E-state index in [-0.39, 0.29) is 5.91 Å². The van der Waals surface area contributed by atoms with Crippen LogP contribution in [0.1, 0.15) is 31.7 Å². The van der Waals surface area contributed by atoms with Crippen molar-refractivity contribution in [1.29, 1.82) is 0 Å². The highest BCUT2D eigenvalue weighted by atomic mass is 32.1. The van der Waals surface area contributed by atoms with Crippen molar-refractivity contribution >= 4 is 17.2 Å². The van der Waals surface area contributed by atoms with Gasteiger partial charge in [-0.15, -0.1) is 0 Å². The minimum absolute atomic E-state index is 0.0653. The smallest absolute Gasteiger partial charge is 0.222 e. The highest BCUT2D eigenvalue weighted by Gasteiger charge is 2.07. The van der Waals surface area contributed by atoms with Crippen molar-refractivity contribution in [3.05, 3.63) is 22.4 Å². The van der Waals surface area contributed by atoms with E-state index in [0.29, 0.717) is 32.1 Å². The van der Waals surface area contributed by atoms with Crippen molar-refractivity contribution in [1.82, 2.24) is 5.32 Å². The van der Waals surface area contributed by atoms with Gasteiger partial charge in [-0.1, -0.05) is 6.92 Å². The van der Waals surface area contributed by atoms with E-state index in [1.807, 2.05) is 6.92 Å². The first-order valence-electron chi connectivity index (χ1n) is 5.60. The zero-order chi connectivity index (χ0) is 11.8. The lowest BCUT2D eigenvalue weighted by molar-refractivity contribution is -0.122. The molecule has 0 fully saturated rings. The van der Waals surface area contributed by atoms with Crippen molar-refractivity contribution in [2.75, 3.05) is 19.8 Å². The molecule has 1 atom stereocenters. The predicted molar refractivity (Wildman–Crippen MR) is 66.9 cm³/mol. The highest BCUT2D eigenvalue weighted by Crippen LogP contribution is 2.16. The van der Waals surface area contributed by atoms with E-state index in [9.17, 15) is 4.79 Å². The van der Waals surface area contributed by atoms with Crippen molar-refractivity contribution < 1.29 is 9.53 Å². The van der Waals surface area contributed by atoms with E-state index in [4.69, 9.17) is 4.74 Å². The Hall–Kier alpha value is -0.870. The molecule has 90 valence electrons.